The zero-order valence-electron chi connectivity index (χ0n) is 18.2. The van der Waals surface area contributed by atoms with Crippen molar-refractivity contribution in [3.63, 3.8) is 0 Å². The van der Waals surface area contributed by atoms with Crippen molar-refractivity contribution in [1.82, 2.24) is 0 Å². The number of nitrogens with zero attached hydrogens (tertiary/aromatic N) is 2. The molecular formula is C25H29N2O2+. The SMILES string of the molecule is CCN1C(=CC=Cc2oc3c(C)cc(C)cc3[n+]2CC)Oc2c(C)cc(C)cc21. The number of ether oxygens (including phenoxy) is 1. The number of aryl methyl sites for hydroxylation is 5. The van der Waals surface area contributed by atoms with E-state index in [0.29, 0.717) is 0 Å². The lowest BCUT2D eigenvalue weighted by Crippen LogP contribution is -2.33. The van der Waals surface area contributed by atoms with Crippen LogP contribution in [-0.2, 0) is 6.54 Å². The van der Waals surface area contributed by atoms with Gasteiger partial charge in [-0.2, -0.15) is 4.57 Å². The molecule has 3 aromatic rings. The van der Waals surface area contributed by atoms with Gasteiger partial charge in [0.15, 0.2) is 5.75 Å². The molecule has 4 heteroatoms. The minimum absolute atomic E-state index is 0.846. The molecule has 0 aliphatic carbocycles. The first-order valence-electron chi connectivity index (χ1n) is 10.3. The van der Waals surface area contributed by atoms with E-state index in [1.807, 2.05) is 18.2 Å². The maximum absolute atomic E-state index is 6.18. The molecule has 0 saturated carbocycles. The minimum atomic E-state index is 0.846. The summed E-state index contributed by atoms with van der Waals surface area (Å²) in [6.07, 6.45) is 6.05. The van der Waals surface area contributed by atoms with Crippen molar-refractivity contribution in [3.05, 3.63) is 70.4 Å². The highest BCUT2D eigenvalue weighted by Crippen LogP contribution is 2.42. The molecule has 1 aliphatic rings. The first-order valence-corrected chi connectivity index (χ1v) is 10.3. The quantitative estimate of drug-likeness (QED) is 0.532. The third-order valence-corrected chi connectivity index (χ3v) is 5.44. The number of fused-ring (bicyclic) bond motifs is 2. The highest BCUT2D eigenvalue weighted by Gasteiger charge is 2.26. The lowest BCUT2D eigenvalue weighted by atomic mass is 10.1. The number of benzene rings is 2. The molecule has 1 aromatic heterocycles. The topological polar surface area (TPSA) is 29.5 Å². The molecule has 0 amide bonds. The second kappa shape index (κ2) is 7.43. The van der Waals surface area contributed by atoms with E-state index in [9.17, 15) is 0 Å². The van der Waals surface area contributed by atoms with Gasteiger partial charge in [0.2, 0.25) is 11.5 Å². The number of aromatic nitrogens is 1. The van der Waals surface area contributed by atoms with Crippen LogP contribution in [0.3, 0.4) is 0 Å². The summed E-state index contributed by atoms with van der Waals surface area (Å²) in [4.78, 5) is 2.21. The predicted molar refractivity (Wildman–Crippen MR) is 118 cm³/mol. The molecule has 0 spiro atoms. The first kappa shape index (κ1) is 19.3. The number of rotatable bonds is 4. The molecule has 0 atom stereocenters. The summed E-state index contributed by atoms with van der Waals surface area (Å²) in [5.41, 5.74) is 8.06. The van der Waals surface area contributed by atoms with E-state index in [2.05, 4.69) is 75.3 Å². The monoisotopic (exact) mass is 389 g/mol. The molecule has 0 radical (unpaired) electrons. The van der Waals surface area contributed by atoms with Crippen molar-refractivity contribution in [3.8, 4) is 5.75 Å². The summed E-state index contributed by atoms with van der Waals surface area (Å²) in [7, 11) is 0. The Morgan fingerprint density at radius 3 is 2.41 bits per heavy atom. The Balaban J connectivity index is 1.69. The van der Waals surface area contributed by atoms with E-state index in [1.165, 1.54) is 11.1 Å². The summed E-state index contributed by atoms with van der Waals surface area (Å²) in [5, 5.41) is 0. The van der Waals surface area contributed by atoms with Gasteiger partial charge in [0, 0.05) is 12.6 Å². The van der Waals surface area contributed by atoms with E-state index < -0.39 is 0 Å². The van der Waals surface area contributed by atoms with E-state index in [4.69, 9.17) is 9.15 Å². The lowest BCUT2D eigenvalue weighted by Gasteiger charge is -2.15. The zero-order valence-corrected chi connectivity index (χ0v) is 18.2. The molecule has 0 N–H and O–H groups in total. The van der Waals surface area contributed by atoms with Gasteiger partial charge in [0.1, 0.15) is 6.54 Å². The average molecular weight is 390 g/mol. The van der Waals surface area contributed by atoms with Gasteiger partial charge >= 0.3 is 5.89 Å². The fourth-order valence-corrected chi connectivity index (χ4v) is 4.20. The van der Waals surface area contributed by atoms with Crippen LogP contribution in [0.15, 0.2) is 46.7 Å². The molecule has 2 heterocycles. The Bertz CT molecular complexity index is 1150. The molecule has 1 aliphatic heterocycles. The smallest absolute Gasteiger partial charge is 0.374 e. The van der Waals surface area contributed by atoms with Crippen LogP contribution < -0.4 is 14.2 Å². The van der Waals surface area contributed by atoms with E-state index in [-0.39, 0.29) is 0 Å². The fourth-order valence-electron chi connectivity index (χ4n) is 4.20. The molecule has 0 saturated heterocycles. The molecule has 150 valence electrons. The Hall–Kier alpha value is -3.01. The van der Waals surface area contributed by atoms with Gasteiger partial charge in [-0.15, -0.1) is 0 Å². The first-order chi connectivity index (χ1) is 13.9. The van der Waals surface area contributed by atoms with Crippen LogP contribution in [0.4, 0.5) is 5.69 Å². The van der Waals surface area contributed by atoms with Gasteiger partial charge in [-0.05, 0) is 82.0 Å². The van der Waals surface area contributed by atoms with Crippen LogP contribution in [0, 0.1) is 27.7 Å². The van der Waals surface area contributed by atoms with Crippen LogP contribution in [0.25, 0.3) is 17.2 Å². The Kier molecular flexibility index (Phi) is 4.95. The number of oxazole rings is 1. The third kappa shape index (κ3) is 3.33. The second-order valence-electron chi connectivity index (χ2n) is 7.76. The summed E-state index contributed by atoms with van der Waals surface area (Å²) >= 11 is 0. The van der Waals surface area contributed by atoms with Crippen LogP contribution >= 0.6 is 0 Å². The van der Waals surface area contributed by atoms with Gasteiger partial charge in [-0.3, -0.25) is 0 Å². The van der Waals surface area contributed by atoms with Crippen molar-refractivity contribution >= 4 is 22.9 Å². The molecular weight excluding hydrogens is 360 g/mol. The van der Waals surface area contributed by atoms with E-state index in [0.717, 1.165) is 58.5 Å². The maximum atomic E-state index is 6.18. The Morgan fingerprint density at radius 2 is 1.69 bits per heavy atom. The number of hydrogen-bond donors (Lipinski definition) is 0. The van der Waals surface area contributed by atoms with E-state index >= 15 is 0 Å². The van der Waals surface area contributed by atoms with Gasteiger partial charge in [0.05, 0.1) is 11.8 Å². The van der Waals surface area contributed by atoms with Gasteiger partial charge in [-0.1, -0.05) is 12.1 Å². The highest BCUT2D eigenvalue weighted by atomic mass is 16.5. The van der Waals surface area contributed by atoms with Crippen LogP contribution in [0.5, 0.6) is 5.75 Å². The molecule has 0 bridgehead atoms. The Morgan fingerprint density at radius 1 is 0.966 bits per heavy atom. The van der Waals surface area contributed by atoms with Crippen molar-refractivity contribution in [2.75, 3.05) is 11.4 Å². The van der Waals surface area contributed by atoms with Crippen molar-refractivity contribution < 1.29 is 13.7 Å². The summed E-state index contributed by atoms with van der Waals surface area (Å²) in [6.45, 7) is 14.4. The standard InChI is InChI=1S/C25H29N2O2/c1-7-26-20-14-16(3)12-18(5)24(20)28-22(26)10-9-11-23-27(8-2)21-15-17(4)13-19(6)25(21)29-23/h9-15H,7-8H2,1-6H3/q+1. The lowest BCUT2D eigenvalue weighted by molar-refractivity contribution is -0.674. The molecule has 0 fully saturated rings. The number of allylic oxidation sites excluding steroid dienone is 2. The maximum Gasteiger partial charge on any atom is 0.374 e. The summed E-state index contributed by atoms with van der Waals surface area (Å²) in [5.74, 6) is 2.65. The van der Waals surface area contributed by atoms with Gasteiger partial charge in [0.25, 0.3) is 5.52 Å². The molecule has 0 unspecified atom stereocenters. The Labute approximate surface area is 172 Å². The van der Waals surface area contributed by atoms with Crippen LogP contribution in [0.1, 0.15) is 42.0 Å². The van der Waals surface area contributed by atoms with Crippen molar-refractivity contribution in [2.45, 2.75) is 48.1 Å². The molecule has 29 heavy (non-hydrogen) atoms. The predicted octanol–water partition coefficient (Wildman–Crippen LogP) is 5.75. The molecule has 4 nitrogen and oxygen atoms in total. The largest absolute Gasteiger partial charge is 0.438 e. The normalized spacial score (nSPS) is 15.0. The third-order valence-electron chi connectivity index (χ3n) is 5.44. The van der Waals surface area contributed by atoms with E-state index in [1.54, 1.807) is 0 Å². The molecule has 2 aromatic carbocycles. The minimum Gasteiger partial charge on any atom is -0.438 e. The summed E-state index contributed by atoms with van der Waals surface area (Å²) in [6, 6.07) is 8.69. The van der Waals surface area contributed by atoms with Crippen LogP contribution in [0.2, 0.25) is 0 Å². The highest BCUT2D eigenvalue weighted by molar-refractivity contribution is 5.75. The van der Waals surface area contributed by atoms with Crippen LogP contribution in [-0.4, -0.2) is 6.54 Å². The summed E-state index contributed by atoms with van der Waals surface area (Å²) < 4.78 is 14.6. The van der Waals surface area contributed by atoms with Gasteiger partial charge < -0.3 is 14.1 Å². The second-order valence-corrected chi connectivity index (χ2v) is 7.76. The van der Waals surface area contributed by atoms with Gasteiger partial charge in [-0.25, -0.2) is 0 Å². The molecule has 4 rings (SSSR count). The van der Waals surface area contributed by atoms with Crippen molar-refractivity contribution in [2.24, 2.45) is 0 Å². The number of anilines is 1. The average Bonchev–Trinajstić information content (AvgIpc) is 3.19. The number of hydrogen-bond acceptors (Lipinski definition) is 3. The fraction of sp³-hybridized carbons (Fsp3) is 0.320. The zero-order chi connectivity index (χ0) is 20.7. The van der Waals surface area contributed by atoms with Crippen molar-refractivity contribution in [1.29, 1.82) is 0 Å².